The van der Waals surface area contributed by atoms with Crippen LogP contribution in [0.4, 0.5) is 17.1 Å². The molecule has 0 saturated carbocycles. The number of piperazine rings is 1. The van der Waals surface area contributed by atoms with Crippen molar-refractivity contribution in [3.8, 4) is 0 Å². The Morgan fingerprint density at radius 3 is 2.14 bits per heavy atom. The van der Waals surface area contributed by atoms with Gasteiger partial charge in [-0.25, -0.2) is 0 Å². The molecule has 1 fully saturated rings. The van der Waals surface area contributed by atoms with Crippen LogP contribution in [0.5, 0.6) is 0 Å². The minimum Gasteiger partial charge on any atom is -0.368 e. The number of thiocarbonyl (C=S) groups is 1. The lowest BCUT2D eigenvalue weighted by molar-refractivity contribution is -0.385. The normalized spacial score (nSPS) is 13.1. The van der Waals surface area contributed by atoms with Gasteiger partial charge in [0.25, 0.3) is 17.5 Å². The van der Waals surface area contributed by atoms with E-state index in [1.807, 2.05) is 59.5 Å². The number of nitro groups is 1. The molecule has 1 heterocycles. The van der Waals surface area contributed by atoms with Crippen LogP contribution in [0.2, 0.25) is 0 Å². The van der Waals surface area contributed by atoms with Crippen molar-refractivity contribution >= 4 is 46.2 Å². The summed E-state index contributed by atoms with van der Waals surface area (Å²) in [5, 5.41) is 16.6. The van der Waals surface area contributed by atoms with E-state index in [0.717, 1.165) is 18.8 Å². The number of amides is 2. The summed E-state index contributed by atoms with van der Waals surface area (Å²) in [4.78, 5) is 39.6. The van der Waals surface area contributed by atoms with E-state index in [2.05, 4.69) is 15.5 Å². The minimum absolute atomic E-state index is 0.0361. The molecule has 0 radical (unpaired) electrons. The highest BCUT2D eigenvalue weighted by molar-refractivity contribution is 7.80. The molecule has 3 aromatic rings. The lowest BCUT2D eigenvalue weighted by Crippen LogP contribution is -2.48. The minimum atomic E-state index is -0.658. The highest BCUT2D eigenvalue weighted by atomic mass is 32.1. The predicted molar refractivity (Wildman–Crippen MR) is 138 cm³/mol. The molecule has 1 aliphatic rings. The van der Waals surface area contributed by atoms with Gasteiger partial charge in [-0.2, -0.15) is 0 Å². The summed E-state index contributed by atoms with van der Waals surface area (Å²) in [6, 6.07) is 22.5. The first-order valence-corrected chi connectivity index (χ1v) is 11.4. The first kappa shape index (κ1) is 23.8. The number of nitrogens with one attached hydrogen (secondary N) is 2. The molecule has 9 nitrogen and oxygen atoms in total. The van der Waals surface area contributed by atoms with Crippen LogP contribution >= 0.6 is 12.2 Å². The number of carbonyl (C=O) groups is 2. The van der Waals surface area contributed by atoms with Gasteiger partial charge in [0.1, 0.15) is 5.56 Å². The molecule has 2 N–H and O–H groups in total. The van der Waals surface area contributed by atoms with Gasteiger partial charge >= 0.3 is 0 Å². The van der Waals surface area contributed by atoms with Crippen LogP contribution in [0.25, 0.3) is 0 Å². The van der Waals surface area contributed by atoms with Crippen LogP contribution in [0, 0.1) is 10.1 Å². The highest BCUT2D eigenvalue weighted by Gasteiger charge is 2.22. The van der Waals surface area contributed by atoms with E-state index in [4.69, 9.17) is 12.2 Å². The van der Waals surface area contributed by atoms with Crippen LogP contribution in [0.1, 0.15) is 20.7 Å². The van der Waals surface area contributed by atoms with E-state index < -0.39 is 10.8 Å². The molecule has 178 valence electrons. The van der Waals surface area contributed by atoms with Crippen LogP contribution < -0.4 is 15.5 Å². The van der Waals surface area contributed by atoms with E-state index in [9.17, 15) is 19.7 Å². The number of benzene rings is 3. The van der Waals surface area contributed by atoms with Crippen LogP contribution in [0.3, 0.4) is 0 Å². The number of hydrogen-bond acceptors (Lipinski definition) is 6. The molecule has 1 aliphatic heterocycles. The summed E-state index contributed by atoms with van der Waals surface area (Å²) >= 11 is 5.20. The van der Waals surface area contributed by atoms with Crippen LogP contribution in [-0.4, -0.2) is 52.9 Å². The zero-order chi connectivity index (χ0) is 24.8. The zero-order valence-electron chi connectivity index (χ0n) is 18.7. The zero-order valence-corrected chi connectivity index (χ0v) is 19.5. The third-order valence-electron chi connectivity index (χ3n) is 5.65. The van der Waals surface area contributed by atoms with Crippen molar-refractivity contribution in [2.45, 2.75) is 0 Å². The quantitative estimate of drug-likeness (QED) is 0.320. The van der Waals surface area contributed by atoms with E-state index in [-0.39, 0.29) is 22.3 Å². The maximum atomic E-state index is 12.6. The summed E-state index contributed by atoms with van der Waals surface area (Å²) in [6.45, 7) is 2.70. The van der Waals surface area contributed by atoms with Gasteiger partial charge in [-0.3, -0.25) is 25.0 Å². The smallest absolute Gasteiger partial charge is 0.282 e. The fourth-order valence-corrected chi connectivity index (χ4v) is 4.05. The topological polar surface area (TPSA) is 108 Å². The average molecular weight is 490 g/mol. The van der Waals surface area contributed by atoms with Crippen LogP contribution in [0.15, 0.2) is 78.9 Å². The molecule has 0 aliphatic carbocycles. The summed E-state index contributed by atoms with van der Waals surface area (Å²) in [5.41, 5.74) is 2.02. The van der Waals surface area contributed by atoms with Gasteiger partial charge < -0.3 is 15.1 Å². The van der Waals surface area contributed by atoms with Crippen molar-refractivity contribution in [2.75, 3.05) is 36.4 Å². The van der Waals surface area contributed by atoms with Crippen molar-refractivity contribution in [1.29, 1.82) is 0 Å². The number of para-hydroxylation sites is 1. The molecule has 1 saturated heterocycles. The summed E-state index contributed by atoms with van der Waals surface area (Å²) in [5.74, 6) is -0.615. The Bertz CT molecular complexity index is 1240. The Kier molecular flexibility index (Phi) is 7.32. The van der Waals surface area contributed by atoms with Gasteiger partial charge in [0, 0.05) is 49.2 Å². The van der Waals surface area contributed by atoms with Crippen molar-refractivity contribution < 1.29 is 14.5 Å². The van der Waals surface area contributed by atoms with E-state index in [1.165, 1.54) is 18.2 Å². The number of nitrogens with zero attached hydrogens (tertiary/aromatic N) is 3. The maximum absolute atomic E-state index is 12.6. The maximum Gasteiger partial charge on any atom is 0.282 e. The van der Waals surface area contributed by atoms with Gasteiger partial charge in [0.15, 0.2) is 5.11 Å². The first-order valence-electron chi connectivity index (χ1n) is 11.0. The second kappa shape index (κ2) is 10.7. The third kappa shape index (κ3) is 5.79. The third-order valence-corrected chi connectivity index (χ3v) is 5.85. The molecule has 0 atom stereocenters. The summed E-state index contributed by atoms with van der Waals surface area (Å²) < 4.78 is 0. The number of rotatable bonds is 5. The van der Waals surface area contributed by atoms with E-state index >= 15 is 0 Å². The van der Waals surface area contributed by atoms with Gasteiger partial charge in [-0.1, -0.05) is 30.3 Å². The van der Waals surface area contributed by atoms with Gasteiger partial charge in [-0.15, -0.1) is 0 Å². The molecular formula is C25H23N5O4S. The molecule has 0 spiro atoms. The summed E-state index contributed by atoms with van der Waals surface area (Å²) in [6.07, 6.45) is 0. The standard InChI is InChI=1S/C25H23N5O4S/c31-23(21-8-4-5-9-22(21)30(33)34)27-25(35)26-19-10-12-20(13-11-19)28-14-16-29(17-15-28)24(32)18-6-2-1-3-7-18/h1-13H,14-17H2,(H2,26,27,31,35). The molecule has 35 heavy (non-hydrogen) atoms. The average Bonchev–Trinajstić information content (AvgIpc) is 2.89. The number of hydrogen-bond donors (Lipinski definition) is 2. The highest BCUT2D eigenvalue weighted by Crippen LogP contribution is 2.21. The molecule has 0 unspecified atom stereocenters. The Morgan fingerprint density at radius 1 is 0.857 bits per heavy atom. The largest absolute Gasteiger partial charge is 0.368 e. The number of carbonyl (C=O) groups excluding carboxylic acids is 2. The van der Waals surface area contributed by atoms with Crippen molar-refractivity contribution in [1.82, 2.24) is 10.2 Å². The van der Waals surface area contributed by atoms with Gasteiger partial charge in [0.05, 0.1) is 4.92 Å². The Labute approximate surface area is 207 Å². The molecule has 0 bridgehead atoms. The molecule has 2 amide bonds. The monoisotopic (exact) mass is 489 g/mol. The number of anilines is 2. The Balaban J connectivity index is 1.30. The van der Waals surface area contributed by atoms with E-state index in [0.29, 0.717) is 24.3 Å². The first-order chi connectivity index (χ1) is 16.9. The molecule has 0 aromatic heterocycles. The van der Waals surface area contributed by atoms with E-state index in [1.54, 1.807) is 6.07 Å². The predicted octanol–water partition coefficient (Wildman–Crippen LogP) is 3.68. The lowest BCUT2D eigenvalue weighted by atomic mass is 10.1. The lowest BCUT2D eigenvalue weighted by Gasteiger charge is -2.36. The molecule has 4 rings (SSSR count). The fourth-order valence-electron chi connectivity index (χ4n) is 3.84. The van der Waals surface area contributed by atoms with Crippen molar-refractivity contribution in [2.24, 2.45) is 0 Å². The number of nitro benzene ring substituents is 1. The second-order valence-corrected chi connectivity index (χ2v) is 8.28. The SMILES string of the molecule is O=C(NC(=S)Nc1ccc(N2CCN(C(=O)c3ccccc3)CC2)cc1)c1ccccc1[N+](=O)[O-]. The molecule has 10 heteroatoms. The Hall–Kier alpha value is -4.31. The second-order valence-electron chi connectivity index (χ2n) is 7.87. The molecule has 3 aromatic carbocycles. The summed E-state index contributed by atoms with van der Waals surface area (Å²) in [7, 11) is 0. The van der Waals surface area contributed by atoms with Gasteiger partial charge in [-0.05, 0) is 54.7 Å². The molecular weight excluding hydrogens is 466 g/mol. The van der Waals surface area contributed by atoms with Crippen molar-refractivity contribution in [3.63, 3.8) is 0 Å². The van der Waals surface area contributed by atoms with Gasteiger partial charge in [0.2, 0.25) is 0 Å². The Morgan fingerprint density at radius 2 is 1.49 bits per heavy atom. The van der Waals surface area contributed by atoms with Crippen LogP contribution in [-0.2, 0) is 0 Å². The fraction of sp³-hybridized carbons (Fsp3) is 0.160. The van der Waals surface area contributed by atoms with Crippen molar-refractivity contribution in [3.05, 3.63) is 100 Å².